The Bertz CT molecular complexity index is 594. The Labute approximate surface area is 114 Å². The third kappa shape index (κ3) is 3.23. The van der Waals surface area contributed by atoms with Crippen LogP contribution in [0.4, 0.5) is 19.1 Å². The SMILES string of the molecule is CCNc1nc(-c2ccc(C)nc2)cc(C(F)(F)F)n1. The number of nitrogens with zero attached hydrogens (tertiary/aromatic N) is 3. The first-order valence-corrected chi connectivity index (χ1v) is 6.03. The van der Waals surface area contributed by atoms with Gasteiger partial charge in [-0.3, -0.25) is 4.98 Å². The molecule has 0 saturated carbocycles. The van der Waals surface area contributed by atoms with Crippen LogP contribution in [0.2, 0.25) is 0 Å². The lowest BCUT2D eigenvalue weighted by molar-refractivity contribution is -0.141. The number of aromatic nitrogens is 3. The van der Waals surface area contributed by atoms with E-state index in [4.69, 9.17) is 0 Å². The van der Waals surface area contributed by atoms with E-state index in [2.05, 4.69) is 20.3 Å². The Hall–Kier alpha value is -2.18. The Morgan fingerprint density at radius 2 is 1.95 bits per heavy atom. The molecule has 0 aromatic carbocycles. The minimum atomic E-state index is -4.51. The van der Waals surface area contributed by atoms with Crippen LogP contribution in [0.25, 0.3) is 11.3 Å². The van der Waals surface area contributed by atoms with Gasteiger partial charge in [-0.2, -0.15) is 13.2 Å². The first-order valence-electron chi connectivity index (χ1n) is 6.03. The van der Waals surface area contributed by atoms with Crippen molar-refractivity contribution < 1.29 is 13.2 Å². The predicted octanol–water partition coefficient (Wildman–Crippen LogP) is 3.30. The van der Waals surface area contributed by atoms with Crippen LogP contribution >= 0.6 is 0 Å². The summed E-state index contributed by atoms with van der Waals surface area (Å²) in [6, 6.07) is 4.32. The van der Waals surface area contributed by atoms with E-state index < -0.39 is 11.9 Å². The molecule has 2 aromatic rings. The van der Waals surface area contributed by atoms with Crippen molar-refractivity contribution in [2.75, 3.05) is 11.9 Å². The van der Waals surface area contributed by atoms with Crippen molar-refractivity contribution in [3.63, 3.8) is 0 Å². The molecule has 0 radical (unpaired) electrons. The van der Waals surface area contributed by atoms with Crippen LogP contribution < -0.4 is 5.32 Å². The minimum absolute atomic E-state index is 0.0436. The van der Waals surface area contributed by atoms with Gasteiger partial charge < -0.3 is 5.32 Å². The minimum Gasteiger partial charge on any atom is -0.354 e. The van der Waals surface area contributed by atoms with Crippen molar-refractivity contribution in [3.8, 4) is 11.3 Å². The zero-order valence-corrected chi connectivity index (χ0v) is 11.0. The molecule has 2 rings (SSSR count). The number of halogens is 3. The summed E-state index contributed by atoms with van der Waals surface area (Å²) in [4.78, 5) is 11.6. The first kappa shape index (κ1) is 14.2. The fourth-order valence-corrected chi connectivity index (χ4v) is 1.60. The molecule has 106 valence electrons. The lowest BCUT2D eigenvalue weighted by atomic mass is 10.1. The fraction of sp³-hybridized carbons (Fsp3) is 0.308. The zero-order chi connectivity index (χ0) is 14.8. The van der Waals surface area contributed by atoms with Crippen LogP contribution in [0.3, 0.4) is 0 Å². The van der Waals surface area contributed by atoms with E-state index in [-0.39, 0.29) is 11.6 Å². The van der Waals surface area contributed by atoms with Crippen LogP contribution in [0.15, 0.2) is 24.4 Å². The van der Waals surface area contributed by atoms with Gasteiger partial charge in [0.25, 0.3) is 0 Å². The van der Waals surface area contributed by atoms with Gasteiger partial charge in [0.1, 0.15) is 0 Å². The largest absolute Gasteiger partial charge is 0.433 e. The number of nitrogens with one attached hydrogen (secondary N) is 1. The summed E-state index contributed by atoms with van der Waals surface area (Å²) in [5, 5.41) is 2.70. The molecular weight excluding hydrogens is 269 g/mol. The van der Waals surface area contributed by atoms with E-state index in [1.165, 1.54) is 6.20 Å². The number of hydrogen-bond acceptors (Lipinski definition) is 4. The summed E-state index contributed by atoms with van der Waals surface area (Å²) < 4.78 is 38.5. The summed E-state index contributed by atoms with van der Waals surface area (Å²) in [5.41, 5.74) is 0.517. The van der Waals surface area contributed by atoms with Gasteiger partial charge in [0, 0.05) is 24.0 Å². The number of aryl methyl sites for hydroxylation is 1. The average molecular weight is 282 g/mol. The molecule has 4 nitrogen and oxygen atoms in total. The van der Waals surface area contributed by atoms with Crippen molar-refractivity contribution >= 4 is 5.95 Å². The highest BCUT2D eigenvalue weighted by Crippen LogP contribution is 2.30. The maximum absolute atomic E-state index is 12.8. The molecule has 1 N–H and O–H groups in total. The van der Waals surface area contributed by atoms with Gasteiger partial charge in [-0.15, -0.1) is 0 Å². The highest BCUT2D eigenvalue weighted by molar-refractivity contribution is 5.60. The van der Waals surface area contributed by atoms with Crippen LogP contribution in [0.1, 0.15) is 18.3 Å². The smallest absolute Gasteiger partial charge is 0.354 e. The van der Waals surface area contributed by atoms with Crippen molar-refractivity contribution in [2.24, 2.45) is 0 Å². The molecule has 0 aliphatic heterocycles. The molecule has 0 bridgehead atoms. The molecule has 2 aromatic heterocycles. The maximum atomic E-state index is 12.8. The van der Waals surface area contributed by atoms with Crippen LogP contribution in [-0.2, 0) is 6.18 Å². The summed E-state index contributed by atoms with van der Waals surface area (Å²) in [6.07, 6.45) is -3.02. The molecule has 2 heterocycles. The van der Waals surface area contributed by atoms with E-state index >= 15 is 0 Å². The highest BCUT2D eigenvalue weighted by Gasteiger charge is 2.33. The van der Waals surface area contributed by atoms with Crippen molar-refractivity contribution in [2.45, 2.75) is 20.0 Å². The lowest BCUT2D eigenvalue weighted by Crippen LogP contribution is -2.12. The Morgan fingerprint density at radius 3 is 2.50 bits per heavy atom. The second-order valence-corrected chi connectivity index (χ2v) is 4.18. The van der Waals surface area contributed by atoms with Gasteiger partial charge in [0.2, 0.25) is 5.95 Å². The van der Waals surface area contributed by atoms with Gasteiger partial charge in [0.05, 0.1) is 5.69 Å². The quantitative estimate of drug-likeness (QED) is 0.938. The second-order valence-electron chi connectivity index (χ2n) is 4.18. The van der Waals surface area contributed by atoms with Crippen LogP contribution in [0, 0.1) is 6.92 Å². The number of hydrogen-bond donors (Lipinski definition) is 1. The van der Waals surface area contributed by atoms with Crippen LogP contribution in [0.5, 0.6) is 0 Å². The highest BCUT2D eigenvalue weighted by atomic mass is 19.4. The van der Waals surface area contributed by atoms with E-state index in [0.717, 1.165) is 11.8 Å². The number of alkyl halides is 3. The Kier molecular flexibility index (Phi) is 3.87. The molecule has 0 unspecified atom stereocenters. The Balaban J connectivity index is 2.51. The third-order valence-corrected chi connectivity index (χ3v) is 2.56. The third-order valence-electron chi connectivity index (χ3n) is 2.56. The summed E-state index contributed by atoms with van der Waals surface area (Å²) in [7, 11) is 0. The van der Waals surface area contributed by atoms with Gasteiger partial charge in [-0.25, -0.2) is 9.97 Å². The molecule has 0 saturated heterocycles. The van der Waals surface area contributed by atoms with Crippen LogP contribution in [-0.4, -0.2) is 21.5 Å². The van der Waals surface area contributed by atoms with Crippen molar-refractivity contribution in [1.82, 2.24) is 15.0 Å². The molecule has 0 spiro atoms. The monoisotopic (exact) mass is 282 g/mol. The van der Waals surface area contributed by atoms with Gasteiger partial charge in [0.15, 0.2) is 5.69 Å². The van der Waals surface area contributed by atoms with Crippen molar-refractivity contribution in [3.05, 3.63) is 35.8 Å². The molecule has 0 aliphatic carbocycles. The predicted molar refractivity (Wildman–Crippen MR) is 69.2 cm³/mol. The molecular formula is C13H13F3N4. The summed E-state index contributed by atoms with van der Waals surface area (Å²) >= 11 is 0. The van der Waals surface area contributed by atoms with E-state index in [9.17, 15) is 13.2 Å². The van der Waals surface area contributed by atoms with Gasteiger partial charge in [-0.1, -0.05) is 0 Å². The topological polar surface area (TPSA) is 50.7 Å². The number of anilines is 1. The zero-order valence-electron chi connectivity index (χ0n) is 11.0. The second kappa shape index (κ2) is 5.44. The first-order chi connectivity index (χ1) is 9.40. The molecule has 7 heteroatoms. The molecule has 0 fully saturated rings. The Morgan fingerprint density at radius 1 is 1.20 bits per heavy atom. The average Bonchev–Trinajstić information content (AvgIpc) is 2.38. The van der Waals surface area contributed by atoms with E-state index in [0.29, 0.717) is 12.1 Å². The lowest BCUT2D eigenvalue weighted by Gasteiger charge is -2.11. The molecule has 0 atom stereocenters. The summed E-state index contributed by atoms with van der Waals surface area (Å²) in [5.74, 6) is -0.0436. The van der Waals surface area contributed by atoms with E-state index in [1.807, 2.05) is 0 Å². The standard InChI is InChI=1S/C13H13F3N4/c1-3-17-12-19-10(6-11(20-12)13(14,15)16)9-5-4-8(2)18-7-9/h4-7H,3H2,1-2H3,(H,17,19,20). The summed E-state index contributed by atoms with van der Waals surface area (Å²) in [6.45, 7) is 4.00. The van der Waals surface area contributed by atoms with E-state index in [1.54, 1.807) is 26.0 Å². The van der Waals surface area contributed by atoms with Gasteiger partial charge in [-0.05, 0) is 32.0 Å². The van der Waals surface area contributed by atoms with Gasteiger partial charge >= 0.3 is 6.18 Å². The maximum Gasteiger partial charge on any atom is 0.433 e. The molecule has 0 amide bonds. The van der Waals surface area contributed by atoms with Crippen molar-refractivity contribution in [1.29, 1.82) is 0 Å². The molecule has 0 aliphatic rings. The number of pyridine rings is 1. The molecule has 20 heavy (non-hydrogen) atoms. The number of rotatable bonds is 3. The normalized spacial score (nSPS) is 11.4. The fourth-order valence-electron chi connectivity index (χ4n) is 1.60.